The standard InChI is InChI=1S/C19H23N7O/c1-12-21-22-18-10-9-17(24-25(12)18)20-14-4-6-15(7-5-14)26-19(27)11-8-16(23-26)13-2-3-13/h8-11,13-15H,2-7H2,1H3,(H,20,24). The molecule has 3 heterocycles. The van der Waals surface area contributed by atoms with Gasteiger partial charge in [-0.25, -0.2) is 4.68 Å². The lowest BCUT2D eigenvalue weighted by molar-refractivity contribution is 0.301. The topological polar surface area (TPSA) is 90.0 Å². The average molecular weight is 365 g/mol. The highest BCUT2D eigenvalue weighted by molar-refractivity contribution is 5.44. The summed E-state index contributed by atoms with van der Waals surface area (Å²) in [6.07, 6.45) is 6.29. The van der Waals surface area contributed by atoms with Crippen LogP contribution in [0.4, 0.5) is 5.82 Å². The highest BCUT2D eigenvalue weighted by Crippen LogP contribution is 2.38. The average Bonchev–Trinajstić information content (AvgIpc) is 3.47. The van der Waals surface area contributed by atoms with E-state index in [4.69, 9.17) is 0 Å². The zero-order valence-electron chi connectivity index (χ0n) is 15.4. The molecular formula is C19H23N7O. The molecule has 2 aliphatic carbocycles. The van der Waals surface area contributed by atoms with Gasteiger partial charge in [-0.1, -0.05) is 0 Å². The molecule has 0 bridgehead atoms. The lowest BCUT2D eigenvalue weighted by atomic mass is 9.91. The Labute approximate surface area is 156 Å². The first-order chi connectivity index (χ1) is 13.2. The molecule has 0 radical (unpaired) electrons. The fourth-order valence-electron chi connectivity index (χ4n) is 3.95. The maximum Gasteiger partial charge on any atom is 0.267 e. The third-order valence-electron chi connectivity index (χ3n) is 5.65. The number of nitrogens with one attached hydrogen (secondary N) is 1. The van der Waals surface area contributed by atoms with Crippen molar-refractivity contribution < 1.29 is 0 Å². The molecule has 1 N–H and O–H groups in total. The molecule has 0 spiro atoms. The van der Waals surface area contributed by atoms with E-state index in [0.29, 0.717) is 12.0 Å². The molecule has 2 fully saturated rings. The van der Waals surface area contributed by atoms with Gasteiger partial charge in [0, 0.05) is 18.0 Å². The van der Waals surface area contributed by atoms with Crippen LogP contribution < -0.4 is 10.9 Å². The summed E-state index contributed by atoms with van der Waals surface area (Å²) in [5.74, 6) is 2.18. The van der Waals surface area contributed by atoms with E-state index in [1.165, 1.54) is 12.8 Å². The van der Waals surface area contributed by atoms with E-state index < -0.39 is 0 Å². The Morgan fingerprint density at radius 3 is 2.56 bits per heavy atom. The van der Waals surface area contributed by atoms with Gasteiger partial charge in [0.15, 0.2) is 11.5 Å². The summed E-state index contributed by atoms with van der Waals surface area (Å²) < 4.78 is 3.48. The largest absolute Gasteiger partial charge is 0.366 e. The van der Waals surface area contributed by atoms with Crippen molar-refractivity contribution in [1.29, 1.82) is 0 Å². The van der Waals surface area contributed by atoms with Gasteiger partial charge in [-0.05, 0) is 63.6 Å². The van der Waals surface area contributed by atoms with Crippen molar-refractivity contribution >= 4 is 11.5 Å². The van der Waals surface area contributed by atoms with E-state index in [1.807, 2.05) is 25.1 Å². The van der Waals surface area contributed by atoms with Gasteiger partial charge >= 0.3 is 0 Å². The summed E-state index contributed by atoms with van der Waals surface area (Å²) in [5, 5.41) is 20.9. The molecule has 0 aliphatic heterocycles. The van der Waals surface area contributed by atoms with E-state index in [0.717, 1.165) is 48.7 Å². The zero-order valence-corrected chi connectivity index (χ0v) is 15.4. The number of aryl methyl sites for hydroxylation is 1. The molecular weight excluding hydrogens is 342 g/mol. The van der Waals surface area contributed by atoms with Crippen LogP contribution in [0, 0.1) is 6.92 Å². The molecule has 3 aromatic rings. The number of hydrogen-bond acceptors (Lipinski definition) is 6. The molecule has 3 aromatic heterocycles. The third kappa shape index (κ3) is 3.20. The molecule has 27 heavy (non-hydrogen) atoms. The van der Waals surface area contributed by atoms with Gasteiger partial charge in [0.25, 0.3) is 5.56 Å². The second kappa shape index (κ2) is 6.44. The lowest BCUT2D eigenvalue weighted by Crippen LogP contribution is -2.33. The van der Waals surface area contributed by atoms with Crippen molar-refractivity contribution in [2.45, 2.75) is 63.5 Å². The van der Waals surface area contributed by atoms with E-state index in [2.05, 4.69) is 25.7 Å². The summed E-state index contributed by atoms with van der Waals surface area (Å²) in [7, 11) is 0. The first-order valence-electron chi connectivity index (χ1n) is 9.73. The molecule has 0 amide bonds. The minimum absolute atomic E-state index is 0.0195. The summed E-state index contributed by atoms with van der Waals surface area (Å²) in [6, 6.07) is 8.01. The number of rotatable bonds is 4. The van der Waals surface area contributed by atoms with Crippen molar-refractivity contribution in [3.8, 4) is 0 Å². The Balaban J connectivity index is 1.26. The molecule has 0 atom stereocenters. The third-order valence-corrected chi connectivity index (χ3v) is 5.65. The summed E-state index contributed by atoms with van der Waals surface area (Å²) in [6.45, 7) is 1.89. The normalized spacial score (nSPS) is 22.9. The smallest absolute Gasteiger partial charge is 0.267 e. The minimum Gasteiger partial charge on any atom is -0.366 e. The Morgan fingerprint density at radius 1 is 0.963 bits per heavy atom. The summed E-state index contributed by atoms with van der Waals surface area (Å²) >= 11 is 0. The Hall–Kier alpha value is -2.77. The van der Waals surface area contributed by atoms with Gasteiger partial charge in [-0.3, -0.25) is 4.79 Å². The molecule has 0 saturated heterocycles. The molecule has 0 unspecified atom stereocenters. The molecule has 2 saturated carbocycles. The van der Waals surface area contributed by atoms with Crippen LogP contribution in [0.1, 0.15) is 62.0 Å². The van der Waals surface area contributed by atoms with Gasteiger partial charge in [-0.15, -0.1) is 15.3 Å². The van der Waals surface area contributed by atoms with Crippen LogP contribution >= 0.6 is 0 Å². The molecule has 5 rings (SSSR count). The zero-order chi connectivity index (χ0) is 18.4. The van der Waals surface area contributed by atoms with Crippen molar-refractivity contribution in [3.05, 3.63) is 46.1 Å². The van der Waals surface area contributed by atoms with E-state index in [-0.39, 0.29) is 11.6 Å². The quantitative estimate of drug-likeness (QED) is 0.764. The predicted molar refractivity (Wildman–Crippen MR) is 101 cm³/mol. The molecule has 2 aliphatic rings. The highest BCUT2D eigenvalue weighted by atomic mass is 16.1. The number of nitrogens with zero attached hydrogens (tertiary/aromatic N) is 6. The predicted octanol–water partition coefficient (Wildman–Crippen LogP) is 2.46. The highest BCUT2D eigenvalue weighted by Gasteiger charge is 2.28. The van der Waals surface area contributed by atoms with Crippen LogP contribution in [0.5, 0.6) is 0 Å². The second-order valence-corrected chi connectivity index (χ2v) is 7.70. The van der Waals surface area contributed by atoms with Gasteiger partial charge in [-0.2, -0.15) is 9.61 Å². The second-order valence-electron chi connectivity index (χ2n) is 7.70. The van der Waals surface area contributed by atoms with Crippen LogP contribution in [0.25, 0.3) is 5.65 Å². The van der Waals surface area contributed by atoms with Gasteiger partial charge in [0.2, 0.25) is 0 Å². The molecule has 0 aromatic carbocycles. The number of aromatic nitrogens is 6. The van der Waals surface area contributed by atoms with E-state index in [9.17, 15) is 4.79 Å². The fourth-order valence-corrected chi connectivity index (χ4v) is 3.95. The van der Waals surface area contributed by atoms with E-state index in [1.54, 1.807) is 15.3 Å². The van der Waals surface area contributed by atoms with E-state index >= 15 is 0 Å². The summed E-state index contributed by atoms with van der Waals surface area (Å²) in [4.78, 5) is 12.3. The number of fused-ring (bicyclic) bond motifs is 1. The van der Waals surface area contributed by atoms with Crippen LogP contribution in [-0.2, 0) is 0 Å². The van der Waals surface area contributed by atoms with Crippen molar-refractivity contribution in [1.82, 2.24) is 29.6 Å². The van der Waals surface area contributed by atoms with Crippen LogP contribution in [0.2, 0.25) is 0 Å². The van der Waals surface area contributed by atoms with Gasteiger partial charge < -0.3 is 5.32 Å². The minimum atomic E-state index is 0.0195. The van der Waals surface area contributed by atoms with Gasteiger partial charge in [0.1, 0.15) is 5.82 Å². The first-order valence-corrected chi connectivity index (χ1v) is 9.73. The van der Waals surface area contributed by atoms with Crippen molar-refractivity contribution in [2.75, 3.05) is 5.32 Å². The molecule has 140 valence electrons. The number of hydrogen-bond donors (Lipinski definition) is 1. The van der Waals surface area contributed by atoms with Crippen LogP contribution in [0.3, 0.4) is 0 Å². The number of anilines is 1. The van der Waals surface area contributed by atoms with Crippen molar-refractivity contribution in [3.63, 3.8) is 0 Å². The Bertz CT molecular complexity index is 1030. The lowest BCUT2D eigenvalue weighted by Gasteiger charge is -2.30. The molecule has 8 heteroatoms. The Morgan fingerprint density at radius 2 is 1.78 bits per heavy atom. The van der Waals surface area contributed by atoms with Crippen molar-refractivity contribution in [2.24, 2.45) is 0 Å². The fraction of sp³-hybridized carbons (Fsp3) is 0.526. The Kier molecular flexibility index (Phi) is 3.91. The SMILES string of the molecule is Cc1nnc2ccc(NC3CCC(n4nc(C5CC5)ccc4=O)CC3)nn12. The van der Waals surface area contributed by atoms with Gasteiger partial charge in [0.05, 0.1) is 11.7 Å². The maximum absolute atomic E-state index is 12.3. The maximum atomic E-state index is 12.3. The van der Waals surface area contributed by atoms with Crippen LogP contribution in [0.15, 0.2) is 29.1 Å². The molecule has 8 nitrogen and oxygen atoms in total. The summed E-state index contributed by atoms with van der Waals surface area (Å²) in [5.41, 5.74) is 1.85. The monoisotopic (exact) mass is 365 g/mol. The van der Waals surface area contributed by atoms with Crippen LogP contribution in [-0.4, -0.2) is 35.6 Å². The first kappa shape index (κ1) is 16.4.